The zero-order chi connectivity index (χ0) is 22.3. The molecule has 3 rings (SSSR count). The average Bonchev–Trinajstić information content (AvgIpc) is 2.78. The fraction of sp³-hybridized carbons (Fsp3) is 0.333. The predicted octanol–water partition coefficient (Wildman–Crippen LogP) is 5.25. The lowest BCUT2D eigenvalue weighted by Crippen LogP contribution is -2.37. The van der Waals surface area contributed by atoms with Gasteiger partial charge in [0.1, 0.15) is 5.75 Å². The standard InChI is InChI=1S/C27H30O4/c1-27(18-22-8-4-9-22,25(29)14-12-20-6-3-10-23(16-20)19-28)26(30)15-13-21-7-5-11-24(17-21)31-2/h3,5-7,10-17,22,28H,4,8-9,18-19H2,1-2H3/b14-12+,15-13+. The van der Waals surface area contributed by atoms with Gasteiger partial charge in [0.25, 0.3) is 0 Å². The van der Waals surface area contributed by atoms with Crippen LogP contribution in [0.1, 0.15) is 49.3 Å². The van der Waals surface area contributed by atoms with E-state index in [1.807, 2.05) is 48.5 Å². The molecule has 1 aliphatic rings. The Morgan fingerprint density at radius 3 is 2.19 bits per heavy atom. The second kappa shape index (κ2) is 10.4. The van der Waals surface area contributed by atoms with Crippen molar-refractivity contribution >= 4 is 23.7 Å². The van der Waals surface area contributed by atoms with Gasteiger partial charge < -0.3 is 9.84 Å². The molecule has 2 aromatic rings. The Kier molecular flexibility index (Phi) is 7.59. The maximum absolute atomic E-state index is 13.2. The molecule has 0 spiro atoms. The van der Waals surface area contributed by atoms with Crippen molar-refractivity contribution in [1.82, 2.24) is 0 Å². The van der Waals surface area contributed by atoms with E-state index in [0.717, 1.165) is 41.7 Å². The molecule has 162 valence electrons. The SMILES string of the molecule is COc1cccc(/C=C/C(=O)C(C)(CC2CCC2)C(=O)/C=C/c2cccc(CO)c2)c1. The summed E-state index contributed by atoms with van der Waals surface area (Å²) in [6, 6.07) is 14.8. The van der Waals surface area contributed by atoms with Crippen LogP contribution < -0.4 is 4.74 Å². The summed E-state index contributed by atoms with van der Waals surface area (Å²) < 4.78 is 5.23. The Morgan fingerprint density at radius 1 is 1.03 bits per heavy atom. The molecule has 0 amide bonds. The summed E-state index contributed by atoms with van der Waals surface area (Å²) in [7, 11) is 1.60. The number of benzene rings is 2. The van der Waals surface area contributed by atoms with Gasteiger partial charge in [0.2, 0.25) is 0 Å². The minimum atomic E-state index is -1.09. The van der Waals surface area contributed by atoms with Gasteiger partial charge in [0.15, 0.2) is 11.6 Å². The number of allylic oxidation sites excluding steroid dienone is 2. The molecule has 0 aromatic heterocycles. The number of hydrogen-bond acceptors (Lipinski definition) is 4. The van der Waals surface area contributed by atoms with Crippen molar-refractivity contribution in [3.63, 3.8) is 0 Å². The summed E-state index contributed by atoms with van der Waals surface area (Å²) in [6.07, 6.45) is 10.3. The highest BCUT2D eigenvalue weighted by atomic mass is 16.5. The highest BCUT2D eigenvalue weighted by Crippen LogP contribution is 2.39. The summed E-state index contributed by atoms with van der Waals surface area (Å²) in [5.41, 5.74) is 1.36. The van der Waals surface area contributed by atoms with Crippen molar-refractivity contribution in [1.29, 1.82) is 0 Å². The van der Waals surface area contributed by atoms with Gasteiger partial charge in [-0.25, -0.2) is 0 Å². The highest BCUT2D eigenvalue weighted by Gasteiger charge is 2.41. The first-order chi connectivity index (χ1) is 14.9. The van der Waals surface area contributed by atoms with Crippen LogP contribution in [0.25, 0.3) is 12.2 Å². The molecule has 4 heteroatoms. The quantitative estimate of drug-likeness (QED) is 0.423. The maximum Gasteiger partial charge on any atom is 0.169 e. The fourth-order valence-electron chi connectivity index (χ4n) is 3.85. The average molecular weight is 419 g/mol. The molecule has 0 saturated heterocycles. The van der Waals surface area contributed by atoms with Gasteiger partial charge in [0, 0.05) is 0 Å². The number of hydrogen-bond donors (Lipinski definition) is 1. The number of ether oxygens (including phenoxy) is 1. The van der Waals surface area contributed by atoms with E-state index in [9.17, 15) is 14.7 Å². The van der Waals surface area contributed by atoms with Crippen LogP contribution in [0, 0.1) is 11.3 Å². The Hall–Kier alpha value is -2.98. The molecule has 1 unspecified atom stereocenters. The highest BCUT2D eigenvalue weighted by molar-refractivity contribution is 6.17. The van der Waals surface area contributed by atoms with Crippen LogP contribution in [-0.2, 0) is 16.2 Å². The van der Waals surface area contributed by atoms with Gasteiger partial charge in [-0.1, -0.05) is 61.7 Å². The van der Waals surface area contributed by atoms with Crippen LogP contribution in [-0.4, -0.2) is 23.8 Å². The smallest absolute Gasteiger partial charge is 0.169 e. The first kappa shape index (κ1) is 22.7. The molecule has 0 heterocycles. The van der Waals surface area contributed by atoms with E-state index in [-0.39, 0.29) is 18.2 Å². The summed E-state index contributed by atoms with van der Waals surface area (Å²) in [5.74, 6) is 0.764. The monoisotopic (exact) mass is 418 g/mol. The molecule has 1 fully saturated rings. The molecular weight excluding hydrogens is 388 g/mol. The van der Waals surface area contributed by atoms with Crippen molar-refractivity contribution in [2.45, 2.75) is 39.2 Å². The van der Waals surface area contributed by atoms with E-state index >= 15 is 0 Å². The van der Waals surface area contributed by atoms with E-state index in [0.29, 0.717) is 12.3 Å². The second-order valence-electron chi connectivity index (χ2n) is 8.41. The molecule has 1 atom stereocenters. The topological polar surface area (TPSA) is 63.6 Å². The third kappa shape index (κ3) is 5.80. The van der Waals surface area contributed by atoms with E-state index in [4.69, 9.17) is 4.74 Å². The zero-order valence-electron chi connectivity index (χ0n) is 18.2. The second-order valence-corrected chi connectivity index (χ2v) is 8.41. The van der Waals surface area contributed by atoms with E-state index in [2.05, 4.69) is 0 Å². The van der Waals surface area contributed by atoms with Crippen LogP contribution in [0.15, 0.2) is 60.7 Å². The third-order valence-electron chi connectivity index (χ3n) is 6.09. The van der Waals surface area contributed by atoms with E-state index < -0.39 is 5.41 Å². The van der Waals surface area contributed by atoms with Crippen LogP contribution in [0.2, 0.25) is 0 Å². The minimum absolute atomic E-state index is 0.0530. The number of aliphatic hydroxyl groups excluding tert-OH is 1. The molecule has 2 aromatic carbocycles. The Labute approximate surface area is 184 Å². The van der Waals surface area contributed by atoms with Crippen molar-refractivity contribution in [2.75, 3.05) is 7.11 Å². The lowest BCUT2D eigenvalue weighted by atomic mass is 9.68. The molecular formula is C27H30O4. The van der Waals surface area contributed by atoms with Gasteiger partial charge in [-0.05, 0) is 66.3 Å². The number of methoxy groups -OCH3 is 1. The van der Waals surface area contributed by atoms with E-state index in [1.165, 1.54) is 12.2 Å². The molecule has 4 nitrogen and oxygen atoms in total. The summed E-state index contributed by atoms with van der Waals surface area (Å²) in [4.78, 5) is 26.4. The predicted molar refractivity (Wildman–Crippen MR) is 124 cm³/mol. The first-order valence-corrected chi connectivity index (χ1v) is 10.7. The lowest BCUT2D eigenvalue weighted by molar-refractivity contribution is -0.135. The van der Waals surface area contributed by atoms with Crippen molar-refractivity contribution in [2.24, 2.45) is 11.3 Å². The maximum atomic E-state index is 13.2. The molecule has 1 N–H and O–H groups in total. The Balaban J connectivity index is 1.81. The summed E-state index contributed by atoms with van der Waals surface area (Å²) >= 11 is 0. The van der Waals surface area contributed by atoms with Crippen molar-refractivity contribution in [3.05, 3.63) is 77.4 Å². The van der Waals surface area contributed by atoms with Crippen LogP contribution >= 0.6 is 0 Å². The van der Waals surface area contributed by atoms with Gasteiger partial charge in [-0.3, -0.25) is 9.59 Å². The Bertz CT molecular complexity index is 913. The molecule has 1 saturated carbocycles. The van der Waals surface area contributed by atoms with Crippen LogP contribution in [0.3, 0.4) is 0 Å². The van der Waals surface area contributed by atoms with Gasteiger partial charge >= 0.3 is 0 Å². The van der Waals surface area contributed by atoms with Crippen molar-refractivity contribution in [3.8, 4) is 5.75 Å². The Morgan fingerprint density at radius 2 is 1.65 bits per heavy atom. The molecule has 0 aliphatic heterocycles. The largest absolute Gasteiger partial charge is 0.497 e. The van der Waals surface area contributed by atoms with Crippen LogP contribution in [0.4, 0.5) is 0 Å². The number of rotatable bonds is 10. The number of carbonyl (C=O) groups is 2. The zero-order valence-corrected chi connectivity index (χ0v) is 18.2. The fourth-order valence-corrected chi connectivity index (χ4v) is 3.85. The summed E-state index contributed by atoms with van der Waals surface area (Å²) in [6.45, 7) is 1.71. The lowest BCUT2D eigenvalue weighted by Gasteiger charge is -2.33. The molecule has 0 radical (unpaired) electrons. The van der Waals surface area contributed by atoms with Gasteiger partial charge in [-0.2, -0.15) is 0 Å². The van der Waals surface area contributed by atoms with Crippen LogP contribution in [0.5, 0.6) is 5.75 Å². The van der Waals surface area contributed by atoms with Gasteiger partial charge in [-0.15, -0.1) is 0 Å². The summed E-state index contributed by atoms with van der Waals surface area (Å²) in [5, 5.41) is 9.31. The molecule has 1 aliphatic carbocycles. The number of ketones is 2. The van der Waals surface area contributed by atoms with Gasteiger partial charge in [0.05, 0.1) is 19.1 Å². The normalized spacial score (nSPS) is 16.2. The third-order valence-corrected chi connectivity index (χ3v) is 6.09. The number of carbonyl (C=O) groups excluding carboxylic acids is 2. The van der Waals surface area contributed by atoms with Crippen molar-refractivity contribution < 1.29 is 19.4 Å². The molecule has 31 heavy (non-hydrogen) atoms. The van der Waals surface area contributed by atoms with E-state index in [1.54, 1.807) is 26.2 Å². The molecule has 0 bridgehead atoms. The minimum Gasteiger partial charge on any atom is -0.497 e. The first-order valence-electron chi connectivity index (χ1n) is 10.7. The number of aliphatic hydroxyl groups is 1.